The molecular weight excluding hydrogens is 430 g/mol. The van der Waals surface area contributed by atoms with Crippen LogP contribution in [0.5, 0.6) is 0 Å². The van der Waals surface area contributed by atoms with E-state index in [1.54, 1.807) is 48.5 Å². The number of piperidine rings is 1. The number of carbonyl (C=O) groups is 2. The van der Waals surface area contributed by atoms with Crippen molar-refractivity contribution in [2.75, 3.05) is 18.4 Å². The van der Waals surface area contributed by atoms with Gasteiger partial charge < -0.3 is 15.7 Å². The first-order chi connectivity index (χ1) is 15.5. The second-order valence-electron chi connectivity index (χ2n) is 7.23. The van der Waals surface area contributed by atoms with Gasteiger partial charge in [0.15, 0.2) is 0 Å². The minimum atomic E-state index is -3.67. The van der Waals surface area contributed by atoms with E-state index in [9.17, 15) is 13.2 Å². The number of sulfonamides is 1. The molecule has 0 aromatic heterocycles. The first-order valence-electron chi connectivity index (χ1n) is 10.2. The van der Waals surface area contributed by atoms with E-state index in [-0.39, 0.29) is 23.3 Å². The molecule has 1 aliphatic heterocycles. The summed E-state index contributed by atoms with van der Waals surface area (Å²) in [6.45, 7) is 1.36. The van der Waals surface area contributed by atoms with Crippen LogP contribution in [-0.4, -0.2) is 45.0 Å². The van der Waals surface area contributed by atoms with Gasteiger partial charge in [-0.25, -0.2) is 13.1 Å². The second kappa shape index (κ2) is 10.9. The number of anilines is 1. The normalized spacial score (nSPS) is 14.2. The van der Waals surface area contributed by atoms with Crippen molar-refractivity contribution in [1.29, 1.82) is 0 Å². The zero-order chi connectivity index (χ0) is 23.0. The number of fused-ring (bicyclic) bond motifs is 1. The summed E-state index contributed by atoms with van der Waals surface area (Å²) in [6.07, 6.45) is 1.53. The van der Waals surface area contributed by atoms with Gasteiger partial charge in [0.1, 0.15) is 0 Å². The Labute approximate surface area is 186 Å². The molecule has 4 N–H and O–H groups in total. The Morgan fingerprint density at radius 1 is 0.938 bits per heavy atom. The average molecular weight is 456 g/mol. The third-order valence-corrected chi connectivity index (χ3v) is 6.70. The molecule has 168 valence electrons. The molecule has 0 radical (unpaired) electrons. The van der Waals surface area contributed by atoms with Gasteiger partial charge in [0.05, 0.1) is 4.90 Å². The summed E-state index contributed by atoms with van der Waals surface area (Å²) < 4.78 is 28.9. The number of amides is 1. The van der Waals surface area contributed by atoms with Gasteiger partial charge in [-0.1, -0.05) is 42.5 Å². The lowest BCUT2D eigenvalue weighted by molar-refractivity contribution is -0.122. The SMILES string of the molecule is O=C(Nc1ccc(S(=O)(=O)NC2CCNCC2)c2ccccc12)c1ccccc1.O=CO. The van der Waals surface area contributed by atoms with Crippen molar-refractivity contribution in [2.24, 2.45) is 0 Å². The predicted octanol–water partition coefficient (Wildman–Crippen LogP) is 2.82. The largest absolute Gasteiger partial charge is 0.483 e. The van der Waals surface area contributed by atoms with Gasteiger partial charge in [-0.05, 0) is 50.2 Å². The third-order valence-electron chi connectivity index (χ3n) is 5.12. The van der Waals surface area contributed by atoms with E-state index in [1.165, 1.54) is 0 Å². The first kappa shape index (κ1) is 23.4. The lowest BCUT2D eigenvalue weighted by Crippen LogP contribution is -2.42. The minimum absolute atomic E-state index is 0.0718. The van der Waals surface area contributed by atoms with E-state index in [1.807, 2.05) is 18.2 Å². The number of hydrogen-bond donors (Lipinski definition) is 4. The van der Waals surface area contributed by atoms with Crippen molar-refractivity contribution in [3.8, 4) is 0 Å². The smallest absolute Gasteiger partial charge is 0.290 e. The average Bonchev–Trinajstić information content (AvgIpc) is 2.80. The molecule has 0 aliphatic carbocycles. The maximum Gasteiger partial charge on any atom is 0.290 e. The molecule has 9 heteroatoms. The maximum atomic E-state index is 13.1. The number of benzene rings is 3. The second-order valence-corrected chi connectivity index (χ2v) is 8.91. The Bertz CT molecular complexity index is 1180. The van der Waals surface area contributed by atoms with Crippen molar-refractivity contribution in [1.82, 2.24) is 10.0 Å². The van der Waals surface area contributed by atoms with Gasteiger partial charge in [0.2, 0.25) is 10.0 Å². The summed E-state index contributed by atoms with van der Waals surface area (Å²) in [5.41, 5.74) is 1.12. The molecule has 0 bridgehead atoms. The summed E-state index contributed by atoms with van der Waals surface area (Å²) in [5, 5.41) is 14.3. The van der Waals surface area contributed by atoms with Crippen LogP contribution in [0.15, 0.2) is 71.6 Å². The molecule has 1 aliphatic rings. The zero-order valence-corrected chi connectivity index (χ0v) is 18.1. The Hall–Kier alpha value is -3.27. The Morgan fingerprint density at radius 3 is 2.19 bits per heavy atom. The van der Waals surface area contributed by atoms with Crippen LogP contribution in [0.1, 0.15) is 23.2 Å². The highest BCUT2D eigenvalue weighted by atomic mass is 32.2. The summed E-state index contributed by atoms with van der Waals surface area (Å²) in [6, 6.07) is 19.3. The van der Waals surface area contributed by atoms with Crippen molar-refractivity contribution < 1.29 is 23.1 Å². The van der Waals surface area contributed by atoms with Gasteiger partial charge in [0.25, 0.3) is 12.4 Å². The van der Waals surface area contributed by atoms with Gasteiger partial charge in [-0.3, -0.25) is 9.59 Å². The Kier molecular flexibility index (Phi) is 7.93. The zero-order valence-electron chi connectivity index (χ0n) is 17.3. The molecule has 0 atom stereocenters. The summed E-state index contributed by atoms with van der Waals surface area (Å²) in [4.78, 5) is 21.1. The molecule has 1 heterocycles. The molecule has 1 amide bonds. The molecule has 4 rings (SSSR count). The summed E-state index contributed by atoms with van der Waals surface area (Å²) in [7, 11) is -3.67. The maximum absolute atomic E-state index is 13.1. The van der Waals surface area contributed by atoms with Crippen molar-refractivity contribution in [3.05, 3.63) is 72.3 Å². The van der Waals surface area contributed by atoms with Gasteiger partial charge in [-0.2, -0.15) is 0 Å². The molecule has 3 aromatic carbocycles. The van der Waals surface area contributed by atoms with Gasteiger partial charge in [0, 0.05) is 28.1 Å². The highest BCUT2D eigenvalue weighted by Crippen LogP contribution is 2.30. The molecule has 3 aromatic rings. The van der Waals surface area contributed by atoms with Crippen LogP contribution in [0.2, 0.25) is 0 Å². The van der Waals surface area contributed by atoms with Crippen LogP contribution in [0.25, 0.3) is 10.8 Å². The molecular formula is C23H25N3O5S. The highest BCUT2D eigenvalue weighted by Gasteiger charge is 2.24. The topological polar surface area (TPSA) is 125 Å². The van der Waals surface area contributed by atoms with E-state index in [4.69, 9.17) is 9.90 Å². The number of carbonyl (C=O) groups excluding carboxylic acids is 1. The van der Waals surface area contributed by atoms with Crippen molar-refractivity contribution in [2.45, 2.75) is 23.8 Å². The first-order valence-corrected chi connectivity index (χ1v) is 11.6. The third kappa shape index (κ3) is 5.70. The minimum Gasteiger partial charge on any atom is -0.483 e. The molecule has 1 saturated heterocycles. The fourth-order valence-electron chi connectivity index (χ4n) is 3.62. The van der Waals surface area contributed by atoms with Gasteiger partial charge >= 0.3 is 0 Å². The Morgan fingerprint density at radius 2 is 1.53 bits per heavy atom. The molecule has 32 heavy (non-hydrogen) atoms. The van der Waals surface area contributed by atoms with E-state index >= 15 is 0 Å². The van der Waals surface area contributed by atoms with E-state index in [0.29, 0.717) is 22.0 Å². The monoisotopic (exact) mass is 455 g/mol. The predicted molar refractivity (Wildman–Crippen MR) is 123 cm³/mol. The molecule has 0 spiro atoms. The molecule has 0 unspecified atom stereocenters. The van der Waals surface area contributed by atoms with Crippen LogP contribution < -0.4 is 15.4 Å². The van der Waals surface area contributed by atoms with E-state index in [2.05, 4.69) is 15.4 Å². The number of hydrogen-bond acceptors (Lipinski definition) is 5. The number of nitrogens with one attached hydrogen (secondary N) is 3. The molecule has 8 nitrogen and oxygen atoms in total. The summed E-state index contributed by atoms with van der Waals surface area (Å²) in [5.74, 6) is -0.237. The number of rotatable bonds is 5. The fraction of sp³-hybridized carbons (Fsp3) is 0.217. The quantitative estimate of drug-likeness (QED) is 0.439. The molecule has 1 fully saturated rings. The van der Waals surface area contributed by atoms with Crippen LogP contribution in [0.3, 0.4) is 0 Å². The van der Waals surface area contributed by atoms with Crippen LogP contribution >= 0.6 is 0 Å². The molecule has 0 saturated carbocycles. The van der Waals surface area contributed by atoms with E-state index in [0.717, 1.165) is 25.9 Å². The fourth-order valence-corrected chi connectivity index (χ4v) is 5.14. The summed E-state index contributed by atoms with van der Waals surface area (Å²) >= 11 is 0. The Balaban J connectivity index is 0.000000913. The van der Waals surface area contributed by atoms with Gasteiger partial charge in [-0.15, -0.1) is 0 Å². The van der Waals surface area contributed by atoms with Crippen molar-refractivity contribution in [3.63, 3.8) is 0 Å². The van der Waals surface area contributed by atoms with Crippen LogP contribution in [0.4, 0.5) is 5.69 Å². The van der Waals surface area contributed by atoms with E-state index < -0.39 is 10.0 Å². The van der Waals surface area contributed by atoms with Crippen LogP contribution in [0, 0.1) is 0 Å². The van der Waals surface area contributed by atoms with Crippen LogP contribution in [-0.2, 0) is 14.8 Å². The lowest BCUT2D eigenvalue weighted by Gasteiger charge is -2.24. The lowest BCUT2D eigenvalue weighted by atomic mass is 10.1. The standard InChI is InChI=1S/C22H23N3O3S.CH2O2/c26-22(16-6-2-1-3-7-16)24-20-10-11-21(19-9-5-4-8-18(19)20)29(27,28)25-17-12-14-23-15-13-17;2-1-3/h1-11,17,23,25H,12-15H2,(H,24,26);1H,(H,2,3). The van der Waals surface area contributed by atoms with Crippen molar-refractivity contribution >= 4 is 38.9 Å². The highest BCUT2D eigenvalue weighted by molar-refractivity contribution is 7.89. The number of carboxylic acid groups (broad SMARTS) is 1.